The smallest absolute Gasteiger partial charge is 0.352 e. The van der Waals surface area contributed by atoms with Gasteiger partial charge in [0.15, 0.2) is 5.82 Å². The van der Waals surface area contributed by atoms with Crippen LogP contribution in [0, 0.1) is 6.92 Å². The Labute approximate surface area is 167 Å². The maximum atomic E-state index is 12.9. The van der Waals surface area contributed by atoms with Crippen molar-refractivity contribution in [3.63, 3.8) is 0 Å². The summed E-state index contributed by atoms with van der Waals surface area (Å²) in [5, 5.41) is 0. The Morgan fingerprint density at radius 3 is 2.52 bits per heavy atom. The molecule has 1 aromatic heterocycles. The van der Waals surface area contributed by atoms with Gasteiger partial charge in [0.2, 0.25) is 0 Å². The number of rotatable bonds is 3. The van der Waals surface area contributed by atoms with Crippen molar-refractivity contribution in [1.82, 2.24) is 9.97 Å². The zero-order valence-electron chi connectivity index (χ0n) is 15.9. The third-order valence-corrected chi connectivity index (χ3v) is 4.95. The normalized spacial score (nSPS) is 14.3. The fourth-order valence-corrected chi connectivity index (χ4v) is 3.49. The highest BCUT2D eigenvalue weighted by Crippen LogP contribution is 2.30. The molecule has 1 aliphatic rings. The van der Waals surface area contributed by atoms with Gasteiger partial charge < -0.3 is 4.90 Å². The number of halogens is 3. The molecule has 3 aromatic rings. The highest BCUT2D eigenvalue weighted by molar-refractivity contribution is 5.67. The van der Waals surface area contributed by atoms with Crippen LogP contribution in [0.3, 0.4) is 0 Å². The van der Waals surface area contributed by atoms with Gasteiger partial charge in [-0.05, 0) is 48.2 Å². The molecule has 0 atom stereocenters. The number of aromatic nitrogens is 2. The number of anilines is 1. The van der Waals surface area contributed by atoms with Crippen molar-refractivity contribution in [1.29, 1.82) is 0 Å². The van der Waals surface area contributed by atoms with Gasteiger partial charge in [0.25, 0.3) is 0 Å². The van der Waals surface area contributed by atoms with Gasteiger partial charge in [0.05, 0.1) is 5.56 Å². The van der Waals surface area contributed by atoms with E-state index in [-0.39, 0.29) is 0 Å². The molecule has 0 saturated carbocycles. The Hall–Kier alpha value is -3.15. The monoisotopic (exact) mass is 395 g/mol. The SMILES string of the molecule is Cc1cc(N2CCc3ccccc3C2)nc(C=Cc2cccc(C(F)(F)F)c2)n1. The molecule has 2 aromatic carbocycles. The number of fused-ring (bicyclic) bond motifs is 1. The minimum absolute atomic E-state index is 0.457. The van der Waals surface area contributed by atoms with Gasteiger partial charge in [-0.3, -0.25) is 0 Å². The molecule has 0 saturated heterocycles. The maximum absolute atomic E-state index is 12.9. The fourth-order valence-electron chi connectivity index (χ4n) is 3.49. The molecule has 148 valence electrons. The van der Waals surface area contributed by atoms with E-state index in [1.807, 2.05) is 19.1 Å². The lowest BCUT2D eigenvalue weighted by atomic mass is 10.00. The van der Waals surface area contributed by atoms with Gasteiger partial charge in [-0.2, -0.15) is 13.2 Å². The molecule has 29 heavy (non-hydrogen) atoms. The zero-order valence-corrected chi connectivity index (χ0v) is 15.9. The van der Waals surface area contributed by atoms with Crippen molar-refractivity contribution in [3.05, 3.63) is 88.4 Å². The molecule has 0 fully saturated rings. The van der Waals surface area contributed by atoms with Gasteiger partial charge in [-0.15, -0.1) is 0 Å². The van der Waals surface area contributed by atoms with Gasteiger partial charge in [-0.25, -0.2) is 9.97 Å². The first kappa shape index (κ1) is 19.2. The molecule has 0 aliphatic carbocycles. The Morgan fingerprint density at radius 2 is 1.72 bits per heavy atom. The third kappa shape index (κ3) is 4.47. The van der Waals surface area contributed by atoms with E-state index in [2.05, 4.69) is 33.1 Å². The fraction of sp³-hybridized carbons (Fsp3) is 0.217. The van der Waals surface area contributed by atoms with Crippen LogP contribution in [0.2, 0.25) is 0 Å². The Morgan fingerprint density at radius 1 is 0.931 bits per heavy atom. The molecule has 3 nitrogen and oxygen atoms in total. The molecule has 0 bridgehead atoms. The minimum Gasteiger partial charge on any atom is -0.352 e. The number of aryl methyl sites for hydroxylation is 1. The summed E-state index contributed by atoms with van der Waals surface area (Å²) in [6, 6.07) is 15.5. The predicted octanol–water partition coefficient (Wildman–Crippen LogP) is 5.54. The molecule has 0 N–H and O–H groups in total. The van der Waals surface area contributed by atoms with Crippen LogP contribution in [0.4, 0.5) is 19.0 Å². The van der Waals surface area contributed by atoms with Crippen molar-refractivity contribution >= 4 is 18.0 Å². The van der Waals surface area contributed by atoms with E-state index in [0.29, 0.717) is 11.4 Å². The molecular weight excluding hydrogens is 375 g/mol. The van der Waals surface area contributed by atoms with Crippen molar-refractivity contribution < 1.29 is 13.2 Å². The lowest BCUT2D eigenvalue weighted by molar-refractivity contribution is -0.137. The molecule has 0 unspecified atom stereocenters. The van der Waals surface area contributed by atoms with Gasteiger partial charge >= 0.3 is 6.18 Å². The van der Waals surface area contributed by atoms with Crippen molar-refractivity contribution in [2.24, 2.45) is 0 Å². The van der Waals surface area contributed by atoms with Gasteiger partial charge in [-0.1, -0.05) is 42.5 Å². The van der Waals surface area contributed by atoms with Crippen LogP contribution in [-0.4, -0.2) is 16.5 Å². The van der Waals surface area contributed by atoms with Crippen LogP contribution >= 0.6 is 0 Å². The average Bonchev–Trinajstić information content (AvgIpc) is 2.71. The summed E-state index contributed by atoms with van der Waals surface area (Å²) in [4.78, 5) is 11.2. The molecule has 6 heteroatoms. The second-order valence-electron chi connectivity index (χ2n) is 7.12. The first-order valence-corrected chi connectivity index (χ1v) is 9.41. The lowest BCUT2D eigenvalue weighted by Crippen LogP contribution is -2.31. The standard InChI is InChI=1S/C23H20F3N3/c1-16-13-22(29-12-11-18-6-2-3-7-19(18)15-29)28-21(27-16)10-9-17-5-4-8-20(14-17)23(24,25)26/h2-10,13-14H,11-12,15H2,1H3. The Balaban J connectivity index is 1.57. The topological polar surface area (TPSA) is 29.0 Å². The van der Waals surface area contributed by atoms with Gasteiger partial charge in [0, 0.05) is 24.8 Å². The van der Waals surface area contributed by atoms with Gasteiger partial charge in [0.1, 0.15) is 5.82 Å². The molecule has 0 spiro atoms. The number of alkyl halides is 3. The molecule has 0 amide bonds. The second-order valence-corrected chi connectivity index (χ2v) is 7.12. The van der Waals surface area contributed by atoms with Crippen molar-refractivity contribution in [2.75, 3.05) is 11.4 Å². The Bertz CT molecular complexity index is 1060. The number of hydrogen-bond acceptors (Lipinski definition) is 3. The van der Waals surface area contributed by atoms with E-state index in [0.717, 1.165) is 43.2 Å². The van der Waals surface area contributed by atoms with Crippen molar-refractivity contribution in [2.45, 2.75) is 26.1 Å². The van der Waals surface area contributed by atoms with E-state index < -0.39 is 11.7 Å². The summed E-state index contributed by atoms with van der Waals surface area (Å²) >= 11 is 0. The van der Waals surface area contributed by atoms with E-state index in [1.165, 1.54) is 17.2 Å². The minimum atomic E-state index is -4.36. The lowest BCUT2D eigenvalue weighted by Gasteiger charge is -2.30. The highest BCUT2D eigenvalue weighted by atomic mass is 19.4. The first-order valence-electron chi connectivity index (χ1n) is 9.41. The van der Waals surface area contributed by atoms with Crippen molar-refractivity contribution in [3.8, 4) is 0 Å². The van der Waals surface area contributed by atoms with Crippen LogP contribution in [0.15, 0.2) is 54.6 Å². The molecular formula is C23H20F3N3. The summed E-state index contributed by atoms with van der Waals surface area (Å²) in [7, 11) is 0. The number of hydrogen-bond donors (Lipinski definition) is 0. The summed E-state index contributed by atoms with van der Waals surface area (Å²) in [5.41, 5.74) is 3.25. The van der Waals surface area contributed by atoms with E-state index in [1.54, 1.807) is 18.2 Å². The summed E-state index contributed by atoms with van der Waals surface area (Å²) in [6.07, 6.45) is -0.140. The van der Waals surface area contributed by atoms with Crippen LogP contribution in [0.25, 0.3) is 12.2 Å². The van der Waals surface area contributed by atoms with Crippen LogP contribution in [0.1, 0.15) is 33.8 Å². The number of nitrogens with zero attached hydrogens (tertiary/aromatic N) is 3. The largest absolute Gasteiger partial charge is 0.416 e. The zero-order chi connectivity index (χ0) is 20.4. The highest BCUT2D eigenvalue weighted by Gasteiger charge is 2.30. The second kappa shape index (κ2) is 7.70. The molecule has 2 heterocycles. The molecule has 4 rings (SSSR count). The van der Waals surface area contributed by atoms with E-state index >= 15 is 0 Å². The maximum Gasteiger partial charge on any atom is 0.416 e. The Kier molecular flexibility index (Phi) is 5.09. The number of benzene rings is 2. The van der Waals surface area contributed by atoms with Crippen LogP contribution in [-0.2, 0) is 19.1 Å². The van der Waals surface area contributed by atoms with E-state index in [4.69, 9.17) is 0 Å². The summed E-state index contributed by atoms with van der Waals surface area (Å²) in [5.74, 6) is 1.31. The van der Waals surface area contributed by atoms with E-state index in [9.17, 15) is 13.2 Å². The molecule has 1 aliphatic heterocycles. The summed E-state index contributed by atoms with van der Waals surface area (Å²) in [6.45, 7) is 3.54. The predicted molar refractivity (Wildman–Crippen MR) is 108 cm³/mol. The van der Waals surface area contributed by atoms with Crippen LogP contribution < -0.4 is 4.90 Å². The third-order valence-electron chi connectivity index (χ3n) is 4.95. The molecule has 0 radical (unpaired) electrons. The van der Waals surface area contributed by atoms with Crippen LogP contribution in [0.5, 0.6) is 0 Å². The quantitative estimate of drug-likeness (QED) is 0.583. The summed E-state index contributed by atoms with van der Waals surface area (Å²) < 4.78 is 38.7. The average molecular weight is 395 g/mol. The first-order chi connectivity index (χ1) is 13.9.